The molecule has 2 aliphatic heterocycles. The lowest BCUT2D eigenvalue weighted by Crippen LogP contribution is -2.46. The number of morpholine rings is 1. The van der Waals surface area contributed by atoms with Crippen molar-refractivity contribution in [3.05, 3.63) is 42.2 Å². The monoisotopic (exact) mass is 341 g/mol. The number of rotatable bonds is 4. The van der Waals surface area contributed by atoms with Crippen molar-refractivity contribution in [2.24, 2.45) is 0 Å². The number of aromatic nitrogens is 1. The van der Waals surface area contributed by atoms with Crippen molar-refractivity contribution in [3.8, 4) is 0 Å². The molecule has 1 aromatic heterocycles. The van der Waals surface area contributed by atoms with Gasteiger partial charge in [0, 0.05) is 43.4 Å². The van der Waals surface area contributed by atoms with Crippen LogP contribution in [0.1, 0.15) is 23.3 Å². The van der Waals surface area contributed by atoms with Gasteiger partial charge in [-0.1, -0.05) is 24.3 Å². The van der Waals surface area contributed by atoms with Crippen molar-refractivity contribution in [2.75, 3.05) is 26.3 Å². The zero-order chi connectivity index (χ0) is 17.2. The minimum Gasteiger partial charge on any atom is -0.396 e. The summed E-state index contributed by atoms with van der Waals surface area (Å²) in [6.45, 7) is 2.48. The lowest BCUT2D eigenvalue weighted by molar-refractivity contribution is -0.0566. The number of amides is 1. The van der Waals surface area contributed by atoms with Crippen LogP contribution in [0.5, 0.6) is 0 Å². The molecule has 2 N–H and O–H groups in total. The van der Waals surface area contributed by atoms with Gasteiger partial charge < -0.3 is 15.2 Å². The zero-order valence-electron chi connectivity index (χ0n) is 14.1. The molecule has 6 nitrogen and oxygen atoms in total. The molecule has 3 atom stereocenters. The molecule has 4 rings (SSSR count). The van der Waals surface area contributed by atoms with Gasteiger partial charge in [0.1, 0.15) is 5.69 Å². The summed E-state index contributed by atoms with van der Waals surface area (Å²) in [7, 11) is 0. The highest BCUT2D eigenvalue weighted by molar-refractivity contribution is 5.96. The van der Waals surface area contributed by atoms with E-state index in [1.807, 2.05) is 30.3 Å². The topological polar surface area (TPSA) is 74.7 Å². The summed E-state index contributed by atoms with van der Waals surface area (Å²) in [5.74, 6) is -0.122. The molecule has 2 aromatic rings. The van der Waals surface area contributed by atoms with E-state index in [0.717, 1.165) is 30.3 Å². The number of fused-ring (bicyclic) bond motifs is 2. The van der Waals surface area contributed by atoms with Crippen LogP contribution < -0.4 is 5.32 Å². The number of aliphatic hydroxyl groups excluding tert-OH is 1. The molecular formula is C19H23N3O3. The van der Waals surface area contributed by atoms with Crippen LogP contribution >= 0.6 is 0 Å². The maximum absolute atomic E-state index is 12.6. The van der Waals surface area contributed by atoms with Gasteiger partial charge in [-0.2, -0.15) is 0 Å². The zero-order valence-corrected chi connectivity index (χ0v) is 14.1. The summed E-state index contributed by atoms with van der Waals surface area (Å²) >= 11 is 0. The van der Waals surface area contributed by atoms with Crippen LogP contribution in [0.3, 0.4) is 0 Å². The smallest absolute Gasteiger partial charge is 0.270 e. The van der Waals surface area contributed by atoms with Crippen LogP contribution in [-0.2, 0) is 4.74 Å². The van der Waals surface area contributed by atoms with Gasteiger partial charge in [-0.3, -0.25) is 14.7 Å². The average Bonchev–Trinajstić information content (AvgIpc) is 3.03. The van der Waals surface area contributed by atoms with E-state index in [-0.39, 0.29) is 24.7 Å². The summed E-state index contributed by atoms with van der Waals surface area (Å²) < 4.78 is 5.79. The standard InChI is InChI=1S/C19H23N3O3/c23-6-5-17-11-22-10-15(8-16(22)12-25-17)21-19(24)18-7-13-3-1-2-4-14(13)9-20-18/h1-4,7,9,15-17,23H,5-6,8,10-12H2,(H,21,24)/t15-,16-,17-/m0/s1. The molecule has 25 heavy (non-hydrogen) atoms. The molecule has 0 radical (unpaired) electrons. The number of carbonyl (C=O) groups is 1. The highest BCUT2D eigenvalue weighted by Gasteiger charge is 2.37. The summed E-state index contributed by atoms with van der Waals surface area (Å²) in [5.41, 5.74) is 0.456. The van der Waals surface area contributed by atoms with Gasteiger partial charge in [-0.25, -0.2) is 0 Å². The van der Waals surface area contributed by atoms with E-state index in [2.05, 4.69) is 15.2 Å². The van der Waals surface area contributed by atoms with Crippen molar-refractivity contribution in [1.29, 1.82) is 0 Å². The number of ether oxygens (including phenoxy) is 1. The minimum absolute atomic E-state index is 0.0952. The summed E-state index contributed by atoms with van der Waals surface area (Å²) in [5, 5.41) is 14.2. The molecule has 0 bridgehead atoms. The third kappa shape index (κ3) is 3.51. The molecule has 3 heterocycles. The first-order valence-electron chi connectivity index (χ1n) is 8.85. The van der Waals surface area contributed by atoms with Crippen LogP contribution in [0.15, 0.2) is 36.5 Å². The maximum Gasteiger partial charge on any atom is 0.270 e. The quantitative estimate of drug-likeness (QED) is 0.874. The first-order chi connectivity index (χ1) is 12.2. The Morgan fingerprint density at radius 2 is 2.16 bits per heavy atom. The summed E-state index contributed by atoms with van der Waals surface area (Å²) in [4.78, 5) is 19.2. The molecule has 2 saturated heterocycles. The third-order valence-electron chi connectivity index (χ3n) is 5.14. The predicted octanol–water partition coefficient (Wildman–Crippen LogP) is 1.19. The Kier molecular flexibility index (Phi) is 4.65. The van der Waals surface area contributed by atoms with Gasteiger partial charge in [0.05, 0.1) is 12.7 Å². The molecule has 0 saturated carbocycles. The van der Waals surface area contributed by atoms with E-state index in [4.69, 9.17) is 9.84 Å². The molecule has 1 amide bonds. The number of benzene rings is 1. The van der Waals surface area contributed by atoms with Crippen LogP contribution in [0, 0.1) is 0 Å². The highest BCUT2D eigenvalue weighted by Crippen LogP contribution is 2.24. The molecule has 1 aromatic carbocycles. The SMILES string of the molecule is O=C(N[C@H]1C[C@H]2CO[C@@H](CCO)CN2C1)c1cc2ccccc2cn1. The molecule has 0 unspecified atom stereocenters. The highest BCUT2D eigenvalue weighted by atomic mass is 16.5. The van der Waals surface area contributed by atoms with Gasteiger partial charge in [0.25, 0.3) is 5.91 Å². The van der Waals surface area contributed by atoms with Crippen molar-refractivity contribution >= 4 is 16.7 Å². The van der Waals surface area contributed by atoms with Crippen molar-refractivity contribution in [2.45, 2.75) is 31.0 Å². The molecule has 0 aliphatic carbocycles. The maximum atomic E-state index is 12.6. The number of hydrogen-bond donors (Lipinski definition) is 2. The Hall–Kier alpha value is -2.02. The van der Waals surface area contributed by atoms with Gasteiger partial charge >= 0.3 is 0 Å². The predicted molar refractivity (Wildman–Crippen MR) is 94.4 cm³/mol. The number of hydrogen-bond acceptors (Lipinski definition) is 5. The van der Waals surface area contributed by atoms with E-state index < -0.39 is 0 Å². The van der Waals surface area contributed by atoms with E-state index in [0.29, 0.717) is 24.8 Å². The molecule has 6 heteroatoms. The lowest BCUT2D eigenvalue weighted by Gasteiger charge is -2.34. The fourth-order valence-electron chi connectivity index (χ4n) is 3.83. The van der Waals surface area contributed by atoms with E-state index >= 15 is 0 Å². The normalized spacial score (nSPS) is 26.5. The van der Waals surface area contributed by atoms with Crippen molar-refractivity contribution in [1.82, 2.24) is 15.2 Å². The second-order valence-electron chi connectivity index (χ2n) is 6.90. The molecule has 132 valence electrons. The third-order valence-corrected chi connectivity index (χ3v) is 5.14. The van der Waals surface area contributed by atoms with E-state index in [1.54, 1.807) is 6.20 Å². The van der Waals surface area contributed by atoms with Crippen LogP contribution in [-0.4, -0.2) is 65.4 Å². The Bertz CT molecular complexity index is 766. The Morgan fingerprint density at radius 3 is 3.00 bits per heavy atom. The van der Waals surface area contributed by atoms with Crippen molar-refractivity contribution in [3.63, 3.8) is 0 Å². The van der Waals surface area contributed by atoms with Crippen LogP contribution in [0.2, 0.25) is 0 Å². The Labute approximate surface area is 146 Å². The minimum atomic E-state index is -0.122. The Morgan fingerprint density at radius 1 is 1.32 bits per heavy atom. The first kappa shape index (κ1) is 16.4. The van der Waals surface area contributed by atoms with Gasteiger partial charge in [-0.05, 0) is 24.3 Å². The number of nitrogens with one attached hydrogen (secondary N) is 1. The summed E-state index contributed by atoms with van der Waals surface area (Å²) in [6, 6.07) is 10.2. The van der Waals surface area contributed by atoms with Gasteiger partial charge in [0.15, 0.2) is 0 Å². The van der Waals surface area contributed by atoms with E-state index in [1.165, 1.54) is 0 Å². The first-order valence-corrected chi connectivity index (χ1v) is 8.85. The van der Waals surface area contributed by atoms with Crippen LogP contribution in [0.25, 0.3) is 10.8 Å². The second kappa shape index (κ2) is 7.07. The van der Waals surface area contributed by atoms with Crippen molar-refractivity contribution < 1.29 is 14.6 Å². The second-order valence-corrected chi connectivity index (χ2v) is 6.90. The van der Waals surface area contributed by atoms with E-state index in [9.17, 15) is 4.79 Å². The van der Waals surface area contributed by atoms with Gasteiger partial charge in [-0.15, -0.1) is 0 Å². The number of pyridine rings is 1. The molecule has 2 aliphatic rings. The fraction of sp³-hybridized carbons (Fsp3) is 0.474. The number of carbonyl (C=O) groups excluding carboxylic acids is 1. The fourth-order valence-corrected chi connectivity index (χ4v) is 3.83. The average molecular weight is 341 g/mol. The number of nitrogens with zero attached hydrogens (tertiary/aromatic N) is 2. The molecule has 0 spiro atoms. The molecule has 2 fully saturated rings. The molecular weight excluding hydrogens is 318 g/mol. The number of aliphatic hydroxyl groups is 1. The lowest BCUT2D eigenvalue weighted by atomic mass is 10.1. The largest absolute Gasteiger partial charge is 0.396 e. The van der Waals surface area contributed by atoms with Crippen LogP contribution in [0.4, 0.5) is 0 Å². The Balaban J connectivity index is 1.39. The summed E-state index contributed by atoms with van der Waals surface area (Å²) in [6.07, 6.45) is 3.40. The van der Waals surface area contributed by atoms with Gasteiger partial charge in [0.2, 0.25) is 0 Å².